The third-order valence-corrected chi connectivity index (χ3v) is 3.34. The van der Waals surface area contributed by atoms with E-state index in [1.807, 2.05) is 0 Å². The van der Waals surface area contributed by atoms with Crippen molar-refractivity contribution < 1.29 is 4.57 Å². The average Bonchev–Trinajstić information content (AvgIpc) is 2.38. The quantitative estimate of drug-likeness (QED) is 0.395. The van der Waals surface area contributed by atoms with Crippen molar-refractivity contribution in [1.29, 1.82) is 0 Å². The summed E-state index contributed by atoms with van der Waals surface area (Å²) < 4.78 is 2.24. The Morgan fingerprint density at radius 1 is 0.941 bits per heavy atom. The molecule has 1 rings (SSSR count). The van der Waals surface area contributed by atoms with Gasteiger partial charge < -0.3 is 5.73 Å². The molecule has 2 N–H and O–H groups in total. The summed E-state index contributed by atoms with van der Waals surface area (Å²) in [4.78, 5) is 0. The van der Waals surface area contributed by atoms with E-state index >= 15 is 0 Å². The highest BCUT2D eigenvalue weighted by atomic mass is 32.1. The number of thiol groups is 1. The summed E-state index contributed by atoms with van der Waals surface area (Å²) in [5.74, 6) is 1.03. The first kappa shape index (κ1) is 14.5. The number of nitrogens with two attached hydrogens (primary N) is 1. The van der Waals surface area contributed by atoms with Gasteiger partial charge in [-0.15, -0.1) is 0 Å². The fourth-order valence-corrected chi connectivity index (χ4v) is 2.11. The Morgan fingerprint density at radius 2 is 1.53 bits per heavy atom. The van der Waals surface area contributed by atoms with Crippen LogP contribution in [0.25, 0.3) is 0 Å². The Kier molecular flexibility index (Phi) is 8.10. The Labute approximate surface area is 111 Å². The minimum atomic E-state index is 0.631. The molecule has 0 aliphatic rings. The van der Waals surface area contributed by atoms with Crippen molar-refractivity contribution in [2.24, 2.45) is 5.73 Å². The molecular formula is C14H25N2S+. The largest absolute Gasteiger partial charge is 0.326 e. The lowest BCUT2D eigenvalue weighted by Gasteiger charge is -2.00. The number of hydrogen-bond acceptors (Lipinski definition) is 2. The number of pyridine rings is 1. The summed E-state index contributed by atoms with van der Waals surface area (Å²) in [6.07, 6.45) is 12.2. The van der Waals surface area contributed by atoms with Gasteiger partial charge in [0.2, 0.25) is 0 Å². The van der Waals surface area contributed by atoms with Gasteiger partial charge in [0.25, 0.3) is 0 Å². The number of aryl methyl sites for hydroxylation is 1. The van der Waals surface area contributed by atoms with E-state index in [4.69, 9.17) is 5.73 Å². The molecule has 17 heavy (non-hydrogen) atoms. The van der Waals surface area contributed by atoms with E-state index in [-0.39, 0.29) is 0 Å². The van der Waals surface area contributed by atoms with Gasteiger partial charge in [-0.2, -0.15) is 12.6 Å². The summed E-state index contributed by atoms with van der Waals surface area (Å²) >= 11 is 4.22. The van der Waals surface area contributed by atoms with Crippen molar-refractivity contribution in [3.05, 3.63) is 30.1 Å². The van der Waals surface area contributed by atoms with Crippen LogP contribution < -0.4 is 10.3 Å². The van der Waals surface area contributed by atoms with E-state index in [9.17, 15) is 0 Å². The third kappa shape index (κ3) is 6.69. The molecule has 0 radical (unpaired) electrons. The SMILES string of the molecule is NCc1cc[n+](CCCCCCCCS)cc1. The van der Waals surface area contributed by atoms with E-state index in [0.717, 1.165) is 12.3 Å². The van der Waals surface area contributed by atoms with Crippen molar-refractivity contribution in [1.82, 2.24) is 0 Å². The molecule has 0 aliphatic carbocycles. The predicted octanol–water partition coefficient (Wildman–Crippen LogP) is 2.70. The van der Waals surface area contributed by atoms with Gasteiger partial charge in [-0.3, -0.25) is 0 Å². The maximum absolute atomic E-state index is 5.56. The second-order valence-electron chi connectivity index (χ2n) is 4.49. The van der Waals surface area contributed by atoms with E-state index < -0.39 is 0 Å². The molecule has 0 fully saturated rings. The van der Waals surface area contributed by atoms with Crippen LogP contribution in [0.5, 0.6) is 0 Å². The van der Waals surface area contributed by atoms with E-state index in [1.54, 1.807) is 0 Å². The first-order chi connectivity index (χ1) is 8.36. The van der Waals surface area contributed by atoms with Crippen LogP contribution in [-0.4, -0.2) is 5.75 Å². The number of rotatable bonds is 9. The van der Waals surface area contributed by atoms with Gasteiger partial charge in [0, 0.05) is 25.1 Å². The highest BCUT2D eigenvalue weighted by molar-refractivity contribution is 7.80. The van der Waals surface area contributed by atoms with E-state index in [1.165, 1.54) is 44.1 Å². The second kappa shape index (κ2) is 9.49. The van der Waals surface area contributed by atoms with Crippen LogP contribution in [0.2, 0.25) is 0 Å². The first-order valence-corrected chi connectivity index (χ1v) is 7.29. The van der Waals surface area contributed by atoms with Crippen molar-refractivity contribution in [2.75, 3.05) is 5.75 Å². The first-order valence-electron chi connectivity index (χ1n) is 6.65. The van der Waals surface area contributed by atoms with Crippen LogP contribution >= 0.6 is 12.6 Å². The smallest absolute Gasteiger partial charge is 0.169 e. The molecule has 0 bridgehead atoms. The molecule has 1 heterocycles. The molecule has 0 amide bonds. The second-order valence-corrected chi connectivity index (χ2v) is 4.94. The number of nitrogens with zero attached hydrogens (tertiary/aromatic N) is 1. The van der Waals surface area contributed by atoms with Crippen LogP contribution in [-0.2, 0) is 13.1 Å². The molecule has 96 valence electrons. The summed E-state index contributed by atoms with van der Waals surface area (Å²) in [5.41, 5.74) is 6.77. The lowest BCUT2D eigenvalue weighted by molar-refractivity contribution is -0.697. The highest BCUT2D eigenvalue weighted by Gasteiger charge is 1.99. The molecule has 0 aliphatic heterocycles. The standard InChI is InChI=1S/C14H24N2S/c15-13-14-7-10-16(11-8-14)9-5-3-1-2-4-6-12-17/h7-8,10-11H,1-6,9,12-13,15H2/p+1. The van der Waals surface area contributed by atoms with Gasteiger partial charge in [0.05, 0.1) is 0 Å². The lowest BCUT2D eigenvalue weighted by Crippen LogP contribution is -2.32. The Bertz CT molecular complexity index is 285. The fraction of sp³-hybridized carbons (Fsp3) is 0.643. The van der Waals surface area contributed by atoms with Gasteiger partial charge >= 0.3 is 0 Å². The Morgan fingerprint density at radius 3 is 2.12 bits per heavy atom. The van der Waals surface area contributed by atoms with Crippen LogP contribution in [0, 0.1) is 0 Å². The van der Waals surface area contributed by atoms with Crippen molar-refractivity contribution in [3.63, 3.8) is 0 Å². The highest BCUT2D eigenvalue weighted by Crippen LogP contribution is 2.05. The van der Waals surface area contributed by atoms with E-state index in [2.05, 4.69) is 41.7 Å². The van der Waals surface area contributed by atoms with Gasteiger partial charge in [0.1, 0.15) is 6.54 Å². The molecule has 2 nitrogen and oxygen atoms in total. The number of aromatic nitrogens is 1. The average molecular weight is 253 g/mol. The molecule has 1 aromatic heterocycles. The van der Waals surface area contributed by atoms with Gasteiger partial charge in [-0.05, 0) is 24.2 Å². The molecule has 0 saturated carbocycles. The van der Waals surface area contributed by atoms with Gasteiger partial charge in [-0.1, -0.05) is 19.3 Å². The van der Waals surface area contributed by atoms with Crippen LogP contribution in [0.1, 0.15) is 44.1 Å². The van der Waals surface area contributed by atoms with Crippen LogP contribution in [0.3, 0.4) is 0 Å². The molecule has 0 atom stereocenters. The number of unbranched alkanes of at least 4 members (excludes halogenated alkanes) is 5. The molecule has 0 saturated heterocycles. The predicted molar refractivity (Wildman–Crippen MR) is 76.1 cm³/mol. The minimum absolute atomic E-state index is 0.631. The topological polar surface area (TPSA) is 29.9 Å². The van der Waals surface area contributed by atoms with E-state index in [0.29, 0.717) is 6.54 Å². The molecule has 0 unspecified atom stereocenters. The maximum Gasteiger partial charge on any atom is 0.169 e. The molecule has 0 aromatic carbocycles. The zero-order chi connectivity index (χ0) is 12.3. The maximum atomic E-state index is 5.56. The Hall–Kier alpha value is -0.540. The van der Waals surface area contributed by atoms with Gasteiger partial charge in [0.15, 0.2) is 12.4 Å². The molecule has 3 heteroatoms. The van der Waals surface area contributed by atoms with Crippen LogP contribution in [0.4, 0.5) is 0 Å². The Balaban J connectivity index is 2.05. The summed E-state index contributed by atoms with van der Waals surface area (Å²) in [6.45, 7) is 1.75. The molecule has 1 aromatic rings. The molecule has 0 spiro atoms. The van der Waals surface area contributed by atoms with Gasteiger partial charge in [-0.25, -0.2) is 4.57 Å². The molecular weight excluding hydrogens is 228 g/mol. The summed E-state index contributed by atoms with van der Waals surface area (Å²) in [7, 11) is 0. The van der Waals surface area contributed by atoms with Crippen LogP contribution in [0.15, 0.2) is 24.5 Å². The van der Waals surface area contributed by atoms with Crippen molar-refractivity contribution in [2.45, 2.75) is 51.6 Å². The lowest BCUT2D eigenvalue weighted by atomic mass is 10.1. The third-order valence-electron chi connectivity index (χ3n) is 3.02. The number of hydrogen-bond donors (Lipinski definition) is 2. The summed E-state index contributed by atoms with van der Waals surface area (Å²) in [5, 5.41) is 0. The monoisotopic (exact) mass is 253 g/mol. The zero-order valence-electron chi connectivity index (χ0n) is 10.6. The minimum Gasteiger partial charge on any atom is -0.326 e. The van der Waals surface area contributed by atoms with Crippen molar-refractivity contribution in [3.8, 4) is 0 Å². The summed E-state index contributed by atoms with van der Waals surface area (Å²) in [6, 6.07) is 4.21. The zero-order valence-corrected chi connectivity index (χ0v) is 11.5. The van der Waals surface area contributed by atoms with Crippen molar-refractivity contribution >= 4 is 12.6 Å². The fourth-order valence-electron chi connectivity index (χ4n) is 1.89. The normalized spacial score (nSPS) is 10.7.